The first-order valence-electron chi connectivity index (χ1n) is 6.63. The van der Waals surface area contributed by atoms with Gasteiger partial charge in [0.05, 0.1) is 6.07 Å². The first-order valence-corrected chi connectivity index (χ1v) is 6.63. The van der Waals surface area contributed by atoms with Crippen molar-refractivity contribution in [2.24, 2.45) is 5.41 Å². The monoisotopic (exact) mass is 249 g/mol. The van der Waals surface area contributed by atoms with Gasteiger partial charge in [-0.1, -0.05) is 68.4 Å². The predicted octanol–water partition coefficient (Wildman–Crippen LogP) is 4.84. The van der Waals surface area contributed by atoms with Crippen LogP contribution >= 0.6 is 0 Å². The molecule has 19 heavy (non-hydrogen) atoms. The normalized spacial score (nSPS) is 11.0. The lowest BCUT2D eigenvalue weighted by atomic mass is 9.81. The molecular weight excluding hydrogens is 230 g/mol. The van der Waals surface area contributed by atoms with Gasteiger partial charge in [-0.15, -0.1) is 0 Å². The molecule has 2 rings (SSSR count). The first-order chi connectivity index (χ1) is 9.12. The fourth-order valence-electron chi connectivity index (χ4n) is 2.37. The van der Waals surface area contributed by atoms with E-state index in [-0.39, 0.29) is 5.41 Å². The van der Waals surface area contributed by atoms with E-state index >= 15 is 0 Å². The van der Waals surface area contributed by atoms with Crippen molar-refractivity contribution >= 4 is 0 Å². The molecule has 2 aromatic rings. The molecular formula is C18H19N. The molecule has 0 unspecified atom stereocenters. The van der Waals surface area contributed by atoms with Gasteiger partial charge >= 0.3 is 0 Å². The molecule has 1 nitrogen and oxygen atoms in total. The van der Waals surface area contributed by atoms with Gasteiger partial charge < -0.3 is 0 Å². The van der Waals surface area contributed by atoms with Crippen LogP contribution in [0, 0.1) is 16.7 Å². The van der Waals surface area contributed by atoms with Gasteiger partial charge in [0.2, 0.25) is 0 Å². The molecule has 0 heterocycles. The SMILES string of the molecule is CC(C)(CC#N)Cc1ccccc1-c1ccccc1. The lowest BCUT2D eigenvalue weighted by Gasteiger charge is -2.23. The highest BCUT2D eigenvalue weighted by Crippen LogP contribution is 2.31. The van der Waals surface area contributed by atoms with Crippen LogP contribution in [0.5, 0.6) is 0 Å². The highest BCUT2D eigenvalue weighted by molar-refractivity contribution is 5.67. The maximum atomic E-state index is 8.92. The summed E-state index contributed by atoms with van der Waals surface area (Å²) in [7, 11) is 0. The fourth-order valence-corrected chi connectivity index (χ4v) is 2.37. The van der Waals surface area contributed by atoms with E-state index in [0.29, 0.717) is 6.42 Å². The third-order valence-corrected chi connectivity index (χ3v) is 3.33. The molecule has 0 radical (unpaired) electrons. The van der Waals surface area contributed by atoms with Gasteiger partial charge in [-0.2, -0.15) is 5.26 Å². The lowest BCUT2D eigenvalue weighted by molar-refractivity contribution is 0.374. The summed E-state index contributed by atoms with van der Waals surface area (Å²) >= 11 is 0. The van der Waals surface area contributed by atoms with Crippen LogP contribution in [0.1, 0.15) is 25.8 Å². The maximum Gasteiger partial charge on any atom is 0.0627 e. The molecule has 0 bridgehead atoms. The summed E-state index contributed by atoms with van der Waals surface area (Å²) < 4.78 is 0. The summed E-state index contributed by atoms with van der Waals surface area (Å²) in [5, 5.41) is 8.92. The van der Waals surface area contributed by atoms with Gasteiger partial charge in [-0.25, -0.2) is 0 Å². The Morgan fingerprint density at radius 3 is 2.26 bits per heavy atom. The minimum atomic E-state index is 0.0135. The minimum absolute atomic E-state index is 0.0135. The average molecular weight is 249 g/mol. The van der Waals surface area contributed by atoms with Crippen LogP contribution in [-0.2, 0) is 6.42 Å². The van der Waals surface area contributed by atoms with Gasteiger partial charge in [0.25, 0.3) is 0 Å². The fraction of sp³-hybridized carbons (Fsp3) is 0.278. The Kier molecular flexibility index (Phi) is 4.02. The minimum Gasteiger partial charge on any atom is -0.198 e. The van der Waals surface area contributed by atoms with Crippen LogP contribution < -0.4 is 0 Å². The van der Waals surface area contributed by atoms with Crippen LogP contribution in [0.15, 0.2) is 54.6 Å². The Labute approximate surface area is 115 Å². The smallest absolute Gasteiger partial charge is 0.0627 e. The molecule has 0 fully saturated rings. The summed E-state index contributed by atoms with van der Waals surface area (Å²) in [6.07, 6.45) is 1.50. The van der Waals surface area contributed by atoms with E-state index in [1.807, 2.05) is 6.07 Å². The molecule has 0 aliphatic rings. The van der Waals surface area contributed by atoms with Crippen molar-refractivity contribution in [3.8, 4) is 17.2 Å². The van der Waals surface area contributed by atoms with Crippen LogP contribution in [0.3, 0.4) is 0 Å². The molecule has 2 aromatic carbocycles. The van der Waals surface area contributed by atoms with Crippen molar-refractivity contribution in [1.29, 1.82) is 5.26 Å². The highest BCUT2D eigenvalue weighted by atomic mass is 14.3. The summed E-state index contributed by atoms with van der Waals surface area (Å²) in [5.74, 6) is 0. The molecule has 0 atom stereocenters. The number of nitriles is 1. The third-order valence-electron chi connectivity index (χ3n) is 3.33. The van der Waals surface area contributed by atoms with E-state index in [2.05, 4.69) is 68.4 Å². The Balaban J connectivity index is 2.35. The van der Waals surface area contributed by atoms with Gasteiger partial charge in [0.15, 0.2) is 0 Å². The zero-order valence-corrected chi connectivity index (χ0v) is 11.6. The summed E-state index contributed by atoms with van der Waals surface area (Å²) in [6.45, 7) is 4.30. The largest absolute Gasteiger partial charge is 0.198 e. The van der Waals surface area contributed by atoms with E-state index in [9.17, 15) is 0 Å². The quantitative estimate of drug-likeness (QED) is 0.761. The van der Waals surface area contributed by atoms with E-state index in [0.717, 1.165) is 6.42 Å². The Hall–Kier alpha value is -2.07. The second-order valence-electron chi connectivity index (χ2n) is 5.70. The van der Waals surface area contributed by atoms with E-state index in [4.69, 9.17) is 5.26 Å². The number of rotatable bonds is 4. The van der Waals surface area contributed by atoms with Crippen molar-refractivity contribution in [3.05, 3.63) is 60.2 Å². The topological polar surface area (TPSA) is 23.8 Å². The second-order valence-corrected chi connectivity index (χ2v) is 5.70. The van der Waals surface area contributed by atoms with Crippen molar-refractivity contribution in [2.45, 2.75) is 26.7 Å². The van der Waals surface area contributed by atoms with Crippen molar-refractivity contribution in [1.82, 2.24) is 0 Å². The van der Waals surface area contributed by atoms with Crippen molar-refractivity contribution in [3.63, 3.8) is 0 Å². The van der Waals surface area contributed by atoms with E-state index < -0.39 is 0 Å². The van der Waals surface area contributed by atoms with Gasteiger partial charge in [-0.3, -0.25) is 0 Å². The zero-order valence-electron chi connectivity index (χ0n) is 11.6. The standard InChI is InChI=1S/C18H19N/c1-18(2,12-13-19)14-16-10-6-7-11-17(16)15-8-4-3-5-9-15/h3-11H,12,14H2,1-2H3. The molecule has 0 aromatic heterocycles. The Morgan fingerprint density at radius 2 is 1.58 bits per heavy atom. The maximum absolute atomic E-state index is 8.92. The zero-order chi connectivity index (χ0) is 13.7. The summed E-state index contributed by atoms with van der Waals surface area (Å²) in [6, 6.07) is 21.2. The molecule has 0 saturated heterocycles. The Morgan fingerprint density at radius 1 is 0.947 bits per heavy atom. The molecule has 0 saturated carbocycles. The third kappa shape index (κ3) is 3.45. The van der Waals surface area contributed by atoms with Crippen LogP contribution in [-0.4, -0.2) is 0 Å². The average Bonchev–Trinajstić information content (AvgIpc) is 2.40. The second kappa shape index (κ2) is 5.71. The summed E-state index contributed by atoms with van der Waals surface area (Å²) in [5.41, 5.74) is 3.84. The molecule has 0 N–H and O–H groups in total. The molecule has 96 valence electrons. The number of hydrogen-bond acceptors (Lipinski definition) is 1. The van der Waals surface area contributed by atoms with E-state index in [1.165, 1.54) is 16.7 Å². The molecule has 0 amide bonds. The van der Waals surface area contributed by atoms with Crippen LogP contribution in [0.25, 0.3) is 11.1 Å². The molecule has 0 aliphatic heterocycles. The first kappa shape index (κ1) is 13.4. The van der Waals surface area contributed by atoms with Gasteiger partial charge in [-0.05, 0) is 28.5 Å². The number of hydrogen-bond donors (Lipinski definition) is 0. The molecule has 0 spiro atoms. The Bertz CT molecular complexity index is 576. The summed E-state index contributed by atoms with van der Waals surface area (Å²) in [4.78, 5) is 0. The molecule has 1 heteroatoms. The van der Waals surface area contributed by atoms with E-state index in [1.54, 1.807) is 0 Å². The lowest BCUT2D eigenvalue weighted by Crippen LogP contribution is -2.14. The predicted molar refractivity (Wildman–Crippen MR) is 79.6 cm³/mol. The van der Waals surface area contributed by atoms with Crippen LogP contribution in [0.4, 0.5) is 0 Å². The molecule has 0 aliphatic carbocycles. The number of nitrogens with zero attached hydrogens (tertiary/aromatic N) is 1. The van der Waals surface area contributed by atoms with Crippen molar-refractivity contribution in [2.75, 3.05) is 0 Å². The van der Waals surface area contributed by atoms with Crippen LogP contribution in [0.2, 0.25) is 0 Å². The van der Waals surface area contributed by atoms with Gasteiger partial charge in [0.1, 0.15) is 0 Å². The van der Waals surface area contributed by atoms with Crippen molar-refractivity contribution < 1.29 is 0 Å². The number of benzene rings is 2. The van der Waals surface area contributed by atoms with Gasteiger partial charge in [0, 0.05) is 6.42 Å². The highest BCUT2D eigenvalue weighted by Gasteiger charge is 2.19.